The van der Waals surface area contributed by atoms with Gasteiger partial charge in [-0.3, -0.25) is 0 Å². The van der Waals surface area contributed by atoms with Crippen molar-refractivity contribution >= 4 is 15.9 Å². The molecule has 0 unspecified atom stereocenters. The first-order chi connectivity index (χ1) is 8.27. The smallest absolute Gasteiger partial charge is 0.136 e. The molecular weight excluding hydrogens is 278 g/mol. The Kier molecular flexibility index (Phi) is 4.46. The molecule has 0 aliphatic heterocycles. The number of ether oxygens (including phenoxy) is 1. The van der Waals surface area contributed by atoms with Crippen LogP contribution in [0.1, 0.15) is 29.5 Å². The molecule has 0 fully saturated rings. The molecule has 2 rings (SSSR count). The number of nitrogens with one attached hydrogen (secondary N) is 1. The van der Waals surface area contributed by atoms with Gasteiger partial charge in [0.2, 0.25) is 0 Å². The summed E-state index contributed by atoms with van der Waals surface area (Å²) in [5.74, 6) is 1.03. The molecule has 0 bridgehead atoms. The molecule has 0 saturated carbocycles. The first-order valence-electron chi connectivity index (χ1n) is 6.29. The molecule has 1 aromatic carbocycles. The Morgan fingerprint density at radius 1 is 1.35 bits per heavy atom. The van der Waals surface area contributed by atoms with E-state index in [0.29, 0.717) is 0 Å². The second-order valence-electron chi connectivity index (χ2n) is 4.58. The molecule has 94 valence electrons. The summed E-state index contributed by atoms with van der Waals surface area (Å²) in [6.45, 7) is 0.988. The van der Waals surface area contributed by atoms with Crippen molar-refractivity contribution in [1.82, 2.24) is 5.32 Å². The number of fused-ring (bicyclic) bond motifs is 1. The van der Waals surface area contributed by atoms with Crippen molar-refractivity contribution in [1.29, 1.82) is 0 Å². The van der Waals surface area contributed by atoms with E-state index in [1.807, 2.05) is 7.05 Å². The van der Waals surface area contributed by atoms with Crippen LogP contribution in [0.15, 0.2) is 10.5 Å². The maximum absolute atomic E-state index is 5.56. The summed E-state index contributed by atoms with van der Waals surface area (Å²) in [5, 5.41) is 3.20. The van der Waals surface area contributed by atoms with Crippen molar-refractivity contribution in [3.8, 4) is 5.75 Å². The van der Waals surface area contributed by atoms with Gasteiger partial charge in [-0.15, -0.1) is 0 Å². The maximum Gasteiger partial charge on any atom is 0.136 e. The highest BCUT2D eigenvalue weighted by Crippen LogP contribution is 2.38. The van der Waals surface area contributed by atoms with Gasteiger partial charge >= 0.3 is 0 Å². The summed E-state index contributed by atoms with van der Waals surface area (Å²) in [7, 11) is 3.75. The predicted octanol–water partition coefficient (Wildman–Crippen LogP) is 3.10. The van der Waals surface area contributed by atoms with E-state index in [1.54, 1.807) is 7.11 Å². The van der Waals surface area contributed by atoms with Crippen LogP contribution in [0.25, 0.3) is 0 Å². The molecule has 0 spiro atoms. The molecule has 0 heterocycles. The molecular formula is C14H20BrNO. The number of hydrogen-bond donors (Lipinski definition) is 1. The van der Waals surface area contributed by atoms with Crippen LogP contribution in [0.3, 0.4) is 0 Å². The van der Waals surface area contributed by atoms with Gasteiger partial charge in [-0.25, -0.2) is 0 Å². The fourth-order valence-electron chi connectivity index (χ4n) is 2.56. The lowest BCUT2D eigenvalue weighted by Gasteiger charge is -2.21. The topological polar surface area (TPSA) is 21.3 Å². The van der Waals surface area contributed by atoms with Crippen LogP contribution in [0, 0.1) is 0 Å². The number of methoxy groups -OCH3 is 1. The zero-order valence-corrected chi connectivity index (χ0v) is 12.2. The van der Waals surface area contributed by atoms with Crippen molar-refractivity contribution in [2.75, 3.05) is 20.7 Å². The van der Waals surface area contributed by atoms with Crippen molar-refractivity contribution in [2.45, 2.75) is 32.1 Å². The fraction of sp³-hybridized carbons (Fsp3) is 0.571. The lowest BCUT2D eigenvalue weighted by atomic mass is 9.89. The Labute approximate surface area is 112 Å². The van der Waals surface area contributed by atoms with Gasteiger partial charge in [-0.2, -0.15) is 0 Å². The fourth-order valence-corrected chi connectivity index (χ4v) is 3.43. The van der Waals surface area contributed by atoms with Crippen LogP contribution >= 0.6 is 15.9 Å². The van der Waals surface area contributed by atoms with Crippen molar-refractivity contribution in [2.24, 2.45) is 0 Å². The van der Waals surface area contributed by atoms with E-state index in [1.165, 1.54) is 46.8 Å². The van der Waals surface area contributed by atoms with Gasteiger partial charge in [0.1, 0.15) is 5.75 Å². The molecule has 3 heteroatoms. The first kappa shape index (κ1) is 12.9. The molecule has 0 saturated heterocycles. The second kappa shape index (κ2) is 5.87. The van der Waals surface area contributed by atoms with Crippen molar-refractivity contribution in [3.63, 3.8) is 0 Å². The summed E-state index contributed by atoms with van der Waals surface area (Å²) in [6, 6.07) is 2.34. The zero-order chi connectivity index (χ0) is 12.3. The third kappa shape index (κ3) is 2.66. The second-order valence-corrected chi connectivity index (χ2v) is 5.37. The number of aryl methyl sites for hydroxylation is 1. The molecule has 1 aromatic rings. The first-order valence-corrected chi connectivity index (χ1v) is 7.09. The molecule has 1 N–H and O–H groups in total. The third-order valence-corrected chi connectivity index (χ3v) is 4.30. The Hall–Kier alpha value is -0.540. The summed E-state index contributed by atoms with van der Waals surface area (Å²) < 4.78 is 6.75. The number of rotatable bonds is 4. The van der Waals surface area contributed by atoms with Crippen LogP contribution in [0.4, 0.5) is 0 Å². The largest absolute Gasteiger partial charge is 0.495 e. The maximum atomic E-state index is 5.56. The highest BCUT2D eigenvalue weighted by molar-refractivity contribution is 9.10. The van der Waals surface area contributed by atoms with Crippen molar-refractivity contribution < 1.29 is 4.74 Å². The average molecular weight is 298 g/mol. The average Bonchev–Trinajstić information content (AvgIpc) is 2.36. The summed E-state index contributed by atoms with van der Waals surface area (Å²) in [4.78, 5) is 0. The standard InChI is InChI=1S/C14H20BrNO/c1-16-8-7-11-9-10-5-3-4-6-12(10)13(15)14(11)17-2/h9,16H,3-8H2,1-2H3. The number of halogens is 1. The Morgan fingerprint density at radius 2 is 2.12 bits per heavy atom. The Bertz CT molecular complexity index is 404. The van der Waals surface area contributed by atoms with E-state index in [4.69, 9.17) is 4.74 Å². The minimum atomic E-state index is 0.988. The quantitative estimate of drug-likeness (QED) is 0.922. The van der Waals surface area contributed by atoms with Crippen LogP contribution in [-0.4, -0.2) is 20.7 Å². The van der Waals surface area contributed by atoms with E-state index in [0.717, 1.165) is 18.7 Å². The highest BCUT2D eigenvalue weighted by Gasteiger charge is 2.18. The van der Waals surface area contributed by atoms with E-state index in [-0.39, 0.29) is 0 Å². The van der Waals surface area contributed by atoms with Gasteiger partial charge < -0.3 is 10.1 Å². The van der Waals surface area contributed by atoms with E-state index in [2.05, 4.69) is 27.3 Å². The van der Waals surface area contributed by atoms with Gasteiger partial charge in [0.15, 0.2) is 0 Å². The number of likely N-dealkylation sites (N-methyl/N-ethyl adjacent to an activating group) is 1. The Morgan fingerprint density at radius 3 is 2.82 bits per heavy atom. The van der Waals surface area contributed by atoms with Crippen LogP contribution in [0.2, 0.25) is 0 Å². The summed E-state index contributed by atoms with van der Waals surface area (Å²) in [6.07, 6.45) is 6.02. The predicted molar refractivity (Wildman–Crippen MR) is 75.0 cm³/mol. The SMILES string of the molecule is CNCCc1cc2c(c(Br)c1OC)CCCC2. The van der Waals surface area contributed by atoms with E-state index >= 15 is 0 Å². The van der Waals surface area contributed by atoms with Gasteiger partial charge in [0.05, 0.1) is 11.6 Å². The van der Waals surface area contributed by atoms with Crippen LogP contribution in [0.5, 0.6) is 5.75 Å². The molecule has 17 heavy (non-hydrogen) atoms. The van der Waals surface area contributed by atoms with E-state index < -0.39 is 0 Å². The number of benzene rings is 1. The minimum Gasteiger partial charge on any atom is -0.495 e. The monoisotopic (exact) mass is 297 g/mol. The van der Waals surface area contributed by atoms with Gasteiger partial charge in [0.25, 0.3) is 0 Å². The number of hydrogen-bond acceptors (Lipinski definition) is 2. The molecule has 1 aliphatic rings. The zero-order valence-electron chi connectivity index (χ0n) is 10.6. The summed E-state index contributed by atoms with van der Waals surface area (Å²) >= 11 is 3.72. The molecule has 0 atom stereocenters. The van der Waals surface area contributed by atoms with Gasteiger partial charge in [0, 0.05) is 0 Å². The lowest BCUT2D eigenvalue weighted by Crippen LogP contribution is -2.13. The minimum absolute atomic E-state index is 0.988. The molecule has 0 radical (unpaired) electrons. The van der Waals surface area contributed by atoms with Crippen molar-refractivity contribution in [3.05, 3.63) is 27.2 Å². The third-order valence-electron chi connectivity index (χ3n) is 3.46. The molecule has 2 nitrogen and oxygen atoms in total. The highest BCUT2D eigenvalue weighted by atomic mass is 79.9. The Balaban J connectivity index is 2.40. The molecule has 1 aliphatic carbocycles. The van der Waals surface area contributed by atoms with Crippen LogP contribution < -0.4 is 10.1 Å². The summed E-state index contributed by atoms with van der Waals surface area (Å²) in [5.41, 5.74) is 4.28. The molecule has 0 amide bonds. The lowest BCUT2D eigenvalue weighted by molar-refractivity contribution is 0.405. The normalized spacial score (nSPS) is 14.5. The van der Waals surface area contributed by atoms with Gasteiger partial charge in [-0.1, -0.05) is 6.07 Å². The van der Waals surface area contributed by atoms with E-state index in [9.17, 15) is 0 Å². The van der Waals surface area contributed by atoms with Gasteiger partial charge in [-0.05, 0) is 78.3 Å². The molecule has 0 aromatic heterocycles. The van der Waals surface area contributed by atoms with Crippen LogP contribution in [-0.2, 0) is 19.3 Å².